The van der Waals surface area contributed by atoms with Crippen molar-refractivity contribution in [1.82, 2.24) is 15.5 Å². The van der Waals surface area contributed by atoms with E-state index in [4.69, 9.17) is 4.74 Å². The number of carbonyl (C=O) groups excluding carboxylic acids is 2. The third kappa shape index (κ3) is 7.28. The SMILES string of the molecule is CSCCC(NC(=O)COc1ccccc1)C(=O)NC1CCN(C(C)c2ccccc2)C1. The Hall–Kier alpha value is -2.51. The molecule has 2 amide bonds. The first-order chi connectivity index (χ1) is 15.6. The quantitative estimate of drug-likeness (QED) is 0.544. The summed E-state index contributed by atoms with van der Waals surface area (Å²) in [5.41, 5.74) is 1.28. The van der Waals surface area contributed by atoms with E-state index < -0.39 is 6.04 Å². The fourth-order valence-corrected chi connectivity index (χ4v) is 4.38. The summed E-state index contributed by atoms with van der Waals surface area (Å²) in [7, 11) is 0. The molecular formula is C25H33N3O3S. The van der Waals surface area contributed by atoms with Gasteiger partial charge in [0.05, 0.1) is 0 Å². The summed E-state index contributed by atoms with van der Waals surface area (Å²) in [6.45, 7) is 3.84. The van der Waals surface area contributed by atoms with Crippen molar-refractivity contribution < 1.29 is 14.3 Å². The van der Waals surface area contributed by atoms with Crippen LogP contribution in [0.15, 0.2) is 60.7 Å². The first-order valence-electron chi connectivity index (χ1n) is 11.1. The zero-order chi connectivity index (χ0) is 22.8. The van der Waals surface area contributed by atoms with E-state index in [1.165, 1.54) is 5.56 Å². The number of nitrogens with zero attached hydrogens (tertiary/aromatic N) is 1. The van der Waals surface area contributed by atoms with Crippen LogP contribution in [0.2, 0.25) is 0 Å². The van der Waals surface area contributed by atoms with Gasteiger partial charge in [-0.2, -0.15) is 11.8 Å². The number of ether oxygens (including phenoxy) is 1. The Morgan fingerprint density at radius 1 is 1.12 bits per heavy atom. The topological polar surface area (TPSA) is 70.7 Å². The van der Waals surface area contributed by atoms with E-state index in [-0.39, 0.29) is 24.5 Å². The number of likely N-dealkylation sites (tertiary alicyclic amines) is 1. The molecule has 2 aromatic carbocycles. The van der Waals surface area contributed by atoms with Crippen molar-refractivity contribution in [3.05, 3.63) is 66.2 Å². The predicted molar refractivity (Wildman–Crippen MR) is 130 cm³/mol. The normalized spacial score (nSPS) is 18.0. The van der Waals surface area contributed by atoms with E-state index >= 15 is 0 Å². The van der Waals surface area contributed by atoms with Crippen molar-refractivity contribution in [2.45, 2.75) is 37.9 Å². The average Bonchev–Trinajstić information content (AvgIpc) is 3.29. The monoisotopic (exact) mass is 455 g/mol. The Kier molecular flexibility index (Phi) is 9.43. The summed E-state index contributed by atoms with van der Waals surface area (Å²) < 4.78 is 5.51. The lowest BCUT2D eigenvalue weighted by molar-refractivity contribution is -0.130. The van der Waals surface area contributed by atoms with Crippen LogP contribution in [0.4, 0.5) is 0 Å². The second-order valence-corrected chi connectivity index (χ2v) is 9.06. The van der Waals surface area contributed by atoms with Gasteiger partial charge in [-0.05, 0) is 49.5 Å². The van der Waals surface area contributed by atoms with Crippen molar-refractivity contribution in [3.8, 4) is 5.75 Å². The minimum atomic E-state index is -0.560. The summed E-state index contributed by atoms with van der Waals surface area (Å²) in [5.74, 6) is 1.01. The molecule has 0 aromatic heterocycles. The Morgan fingerprint density at radius 2 is 1.81 bits per heavy atom. The highest BCUT2D eigenvalue weighted by molar-refractivity contribution is 7.98. The van der Waals surface area contributed by atoms with Crippen LogP contribution in [-0.4, -0.2) is 60.5 Å². The highest BCUT2D eigenvalue weighted by atomic mass is 32.2. The number of rotatable bonds is 11. The zero-order valence-corrected chi connectivity index (χ0v) is 19.6. The standard InChI is InChI=1S/C25H33N3O3S/c1-19(20-9-5-3-6-10-20)28-15-13-21(17-28)26-25(30)23(14-16-32-2)27-24(29)18-31-22-11-7-4-8-12-22/h3-12,19,21,23H,13-18H2,1-2H3,(H,26,30)(H,27,29). The molecule has 7 heteroatoms. The molecule has 0 bridgehead atoms. The Balaban J connectivity index is 1.50. The van der Waals surface area contributed by atoms with Gasteiger partial charge in [-0.15, -0.1) is 0 Å². The van der Waals surface area contributed by atoms with E-state index in [1.807, 2.05) is 30.5 Å². The number of benzene rings is 2. The van der Waals surface area contributed by atoms with Crippen LogP contribution in [0.5, 0.6) is 5.75 Å². The maximum atomic E-state index is 13.0. The molecule has 6 nitrogen and oxygen atoms in total. The second-order valence-electron chi connectivity index (χ2n) is 8.08. The van der Waals surface area contributed by atoms with Crippen LogP contribution >= 0.6 is 11.8 Å². The Morgan fingerprint density at radius 3 is 2.50 bits per heavy atom. The number of hydrogen-bond donors (Lipinski definition) is 2. The largest absolute Gasteiger partial charge is 0.484 e. The van der Waals surface area contributed by atoms with Gasteiger partial charge in [-0.1, -0.05) is 48.5 Å². The highest BCUT2D eigenvalue weighted by Gasteiger charge is 2.30. The lowest BCUT2D eigenvalue weighted by atomic mass is 10.1. The van der Waals surface area contributed by atoms with Gasteiger partial charge in [-0.3, -0.25) is 14.5 Å². The number of para-hydroxylation sites is 1. The lowest BCUT2D eigenvalue weighted by Crippen LogP contribution is -2.51. The summed E-state index contributed by atoms with van der Waals surface area (Å²) in [5, 5.41) is 6.01. The predicted octanol–water partition coefficient (Wildman–Crippen LogP) is 3.26. The van der Waals surface area contributed by atoms with Gasteiger partial charge in [0.25, 0.3) is 5.91 Å². The molecular weight excluding hydrogens is 422 g/mol. The van der Waals surface area contributed by atoms with Crippen molar-refractivity contribution >= 4 is 23.6 Å². The van der Waals surface area contributed by atoms with Gasteiger partial charge in [0, 0.05) is 25.2 Å². The highest BCUT2D eigenvalue weighted by Crippen LogP contribution is 2.24. The van der Waals surface area contributed by atoms with Gasteiger partial charge in [0.1, 0.15) is 11.8 Å². The molecule has 2 N–H and O–H groups in total. The second kappa shape index (κ2) is 12.5. The number of hydrogen-bond acceptors (Lipinski definition) is 5. The molecule has 172 valence electrons. The minimum Gasteiger partial charge on any atom is -0.484 e. The lowest BCUT2D eigenvalue weighted by Gasteiger charge is -2.25. The van der Waals surface area contributed by atoms with Gasteiger partial charge in [-0.25, -0.2) is 0 Å². The van der Waals surface area contributed by atoms with Crippen LogP contribution in [0.3, 0.4) is 0 Å². The average molecular weight is 456 g/mol. The molecule has 1 heterocycles. The first kappa shape index (κ1) is 24.1. The molecule has 2 aromatic rings. The minimum absolute atomic E-state index is 0.0860. The van der Waals surface area contributed by atoms with Crippen molar-refractivity contribution in [3.63, 3.8) is 0 Å². The maximum Gasteiger partial charge on any atom is 0.258 e. The van der Waals surface area contributed by atoms with E-state index in [0.717, 1.165) is 25.3 Å². The van der Waals surface area contributed by atoms with Crippen molar-refractivity contribution in [1.29, 1.82) is 0 Å². The fourth-order valence-electron chi connectivity index (χ4n) is 3.91. The van der Waals surface area contributed by atoms with E-state index in [1.54, 1.807) is 23.9 Å². The molecule has 3 rings (SSSR count). The van der Waals surface area contributed by atoms with Crippen molar-refractivity contribution in [2.75, 3.05) is 31.7 Å². The van der Waals surface area contributed by atoms with E-state index in [2.05, 4.69) is 46.7 Å². The van der Waals surface area contributed by atoms with Gasteiger partial charge in [0.15, 0.2) is 6.61 Å². The van der Waals surface area contributed by atoms with Crippen LogP contribution in [0, 0.1) is 0 Å². The molecule has 1 aliphatic rings. The molecule has 1 aliphatic heterocycles. The number of amides is 2. The Bertz CT molecular complexity index is 850. The first-order valence-corrected chi connectivity index (χ1v) is 12.5. The zero-order valence-electron chi connectivity index (χ0n) is 18.8. The molecule has 3 atom stereocenters. The molecule has 3 unspecified atom stereocenters. The molecule has 1 fully saturated rings. The third-order valence-electron chi connectivity index (χ3n) is 5.77. The smallest absolute Gasteiger partial charge is 0.258 e. The summed E-state index contributed by atoms with van der Waals surface area (Å²) in [4.78, 5) is 27.8. The fraction of sp³-hybridized carbons (Fsp3) is 0.440. The molecule has 0 aliphatic carbocycles. The van der Waals surface area contributed by atoms with E-state index in [0.29, 0.717) is 18.2 Å². The van der Waals surface area contributed by atoms with Gasteiger partial charge < -0.3 is 15.4 Å². The van der Waals surface area contributed by atoms with Crippen LogP contribution in [0.25, 0.3) is 0 Å². The number of nitrogens with one attached hydrogen (secondary N) is 2. The summed E-state index contributed by atoms with van der Waals surface area (Å²) >= 11 is 1.66. The summed E-state index contributed by atoms with van der Waals surface area (Å²) in [6.07, 6.45) is 3.49. The Labute approximate surface area is 195 Å². The number of carbonyl (C=O) groups is 2. The van der Waals surface area contributed by atoms with Crippen molar-refractivity contribution in [2.24, 2.45) is 0 Å². The number of thioether (sulfide) groups is 1. The molecule has 32 heavy (non-hydrogen) atoms. The van der Waals surface area contributed by atoms with Crippen LogP contribution in [0.1, 0.15) is 31.4 Å². The van der Waals surface area contributed by atoms with Crippen LogP contribution in [-0.2, 0) is 9.59 Å². The van der Waals surface area contributed by atoms with Gasteiger partial charge in [0.2, 0.25) is 5.91 Å². The molecule has 0 saturated carbocycles. The maximum absolute atomic E-state index is 13.0. The van der Waals surface area contributed by atoms with Gasteiger partial charge >= 0.3 is 0 Å². The molecule has 1 saturated heterocycles. The third-order valence-corrected chi connectivity index (χ3v) is 6.42. The summed E-state index contributed by atoms with van der Waals surface area (Å²) in [6, 6.07) is 19.4. The van der Waals surface area contributed by atoms with Crippen LogP contribution < -0.4 is 15.4 Å². The van der Waals surface area contributed by atoms with E-state index in [9.17, 15) is 9.59 Å². The molecule has 0 radical (unpaired) electrons. The molecule has 0 spiro atoms.